The molecule has 1 fully saturated rings. The van der Waals surface area contributed by atoms with Gasteiger partial charge >= 0.3 is 0 Å². The molecular weight excluding hydrogens is 284 g/mol. The van der Waals surface area contributed by atoms with Crippen LogP contribution in [0.2, 0.25) is 0 Å². The molecule has 0 spiro atoms. The average molecular weight is 308 g/mol. The minimum Gasteiger partial charge on any atom is -0.459 e. The van der Waals surface area contributed by atoms with E-state index >= 15 is 0 Å². The van der Waals surface area contributed by atoms with Crippen molar-refractivity contribution in [2.45, 2.75) is 39.3 Å². The van der Waals surface area contributed by atoms with Crippen molar-refractivity contribution in [1.82, 2.24) is 10.2 Å². The van der Waals surface area contributed by atoms with E-state index in [2.05, 4.69) is 5.32 Å². The van der Waals surface area contributed by atoms with Gasteiger partial charge in [0.15, 0.2) is 5.76 Å². The highest BCUT2D eigenvalue weighted by atomic mass is 16.3. The fourth-order valence-electron chi connectivity index (χ4n) is 2.58. The van der Waals surface area contributed by atoms with Gasteiger partial charge in [-0.1, -0.05) is 20.8 Å². The van der Waals surface area contributed by atoms with Crippen LogP contribution in [0.15, 0.2) is 22.8 Å². The van der Waals surface area contributed by atoms with E-state index in [4.69, 9.17) is 4.42 Å². The Morgan fingerprint density at radius 2 is 2.18 bits per heavy atom. The molecule has 1 aromatic heterocycles. The molecule has 0 aliphatic carbocycles. The fraction of sp³-hybridized carbons (Fsp3) is 0.625. The molecule has 1 saturated heterocycles. The standard InChI is InChI=1S/C16H24N2O4/c1-10(2)14(17-15(20)13-5-4-8-22-13)16(21)18-7-6-11(3)12(19)9-18/h4-5,8,10-12,14,19H,6-7,9H2,1-3H3,(H,17,20). The van der Waals surface area contributed by atoms with Crippen molar-refractivity contribution in [2.75, 3.05) is 13.1 Å². The predicted octanol–water partition coefficient (Wildman–Crippen LogP) is 1.26. The molecule has 2 heterocycles. The van der Waals surface area contributed by atoms with Crippen LogP contribution in [0.3, 0.4) is 0 Å². The van der Waals surface area contributed by atoms with Crippen molar-refractivity contribution in [3.8, 4) is 0 Å². The van der Waals surface area contributed by atoms with Crippen LogP contribution in [0.4, 0.5) is 0 Å². The maximum atomic E-state index is 12.7. The molecule has 6 heteroatoms. The van der Waals surface area contributed by atoms with Crippen LogP contribution >= 0.6 is 0 Å². The second-order valence-corrected chi connectivity index (χ2v) is 6.29. The van der Waals surface area contributed by atoms with E-state index in [9.17, 15) is 14.7 Å². The summed E-state index contributed by atoms with van der Waals surface area (Å²) in [5.41, 5.74) is 0. The van der Waals surface area contributed by atoms with Crippen molar-refractivity contribution in [1.29, 1.82) is 0 Å². The number of hydrogen-bond donors (Lipinski definition) is 2. The van der Waals surface area contributed by atoms with Gasteiger partial charge in [0.2, 0.25) is 5.91 Å². The molecule has 0 aromatic carbocycles. The van der Waals surface area contributed by atoms with Gasteiger partial charge in [0.05, 0.1) is 12.4 Å². The molecular formula is C16H24N2O4. The van der Waals surface area contributed by atoms with Gasteiger partial charge in [0, 0.05) is 13.1 Å². The third kappa shape index (κ3) is 3.68. The molecule has 22 heavy (non-hydrogen) atoms. The molecule has 2 amide bonds. The first-order chi connectivity index (χ1) is 10.4. The molecule has 3 unspecified atom stereocenters. The monoisotopic (exact) mass is 308 g/mol. The second-order valence-electron chi connectivity index (χ2n) is 6.29. The first kappa shape index (κ1) is 16.5. The summed E-state index contributed by atoms with van der Waals surface area (Å²) in [6.45, 7) is 6.67. The number of nitrogens with one attached hydrogen (secondary N) is 1. The smallest absolute Gasteiger partial charge is 0.287 e. The normalized spacial score (nSPS) is 23.4. The van der Waals surface area contributed by atoms with Crippen LogP contribution in [-0.2, 0) is 4.79 Å². The van der Waals surface area contributed by atoms with E-state index in [1.165, 1.54) is 6.26 Å². The summed E-state index contributed by atoms with van der Waals surface area (Å²) in [4.78, 5) is 26.4. The summed E-state index contributed by atoms with van der Waals surface area (Å²) in [5.74, 6) is -0.225. The number of aliphatic hydroxyl groups is 1. The average Bonchev–Trinajstić information content (AvgIpc) is 3.00. The number of amides is 2. The van der Waals surface area contributed by atoms with Gasteiger partial charge in [-0.2, -0.15) is 0 Å². The van der Waals surface area contributed by atoms with E-state index in [0.29, 0.717) is 13.1 Å². The van der Waals surface area contributed by atoms with E-state index in [-0.39, 0.29) is 23.5 Å². The molecule has 3 atom stereocenters. The number of β-amino-alcohol motifs (C(OH)–C–C–N with tert-alkyl or cyclic N) is 1. The molecule has 1 aliphatic rings. The van der Waals surface area contributed by atoms with Gasteiger partial charge < -0.3 is 19.7 Å². The highest BCUT2D eigenvalue weighted by molar-refractivity contribution is 5.95. The maximum absolute atomic E-state index is 12.7. The van der Waals surface area contributed by atoms with Crippen LogP contribution in [0.25, 0.3) is 0 Å². The number of nitrogens with zero attached hydrogens (tertiary/aromatic N) is 1. The van der Waals surface area contributed by atoms with Gasteiger partial charge in [-0.25, -0.2) is 0 Å². The minimum absolute atomic E-state index is 0.0529. The van der Waals surface area contributed by atoms with Gasteiger partial charge in [-0.15, -0.1) is 0 Å². The Balaban J connectivity index is 2.04. The molecule has 6 nitrogen and oxygen atoms in total. The molecule has 0 saturated carbocycles. The van der Waals surface area contributed by atoms with Crippen molar-refractivity contribution >= 4 is 11.8 Å². The third-order valence-corrected chi connectivity index (χ3v) is 4.19. The lowest BCUT2D eigenvalue weighted by atomic mass is 9.94. The lowest BCUT2D eigenvalue weighted by molar-refractivity contribution is -0.138. The molecule has 122 valence electrons. The fourth-order valence-corrected chi connectivity index (χ4v) is 2.58. The summed E-state index contributed by atoms with van der Waals surface area (Å²) >= 11 is 0. The number of aliphatic hydroxyl groups excluding tert-OH is 1. The summed E-state index contributed by atoms with van der Waals surface area (Å²) in [5, 5.41) is 12.7. The molecule has 2 N–H and O–H groups in total. The van der Waals surface area contributed by atoms with Crippen LogP contribution in [0.1, 0.15) is 37.7 Å². The quantitative estimate of drug-likeness (QED) is 0.877. The third-order valence-electron chi connectivity index (χ3n) is 4.19. The number of hydrogen-bond acceptors (Lipinski definition) is 4. The summed E-state index contributed by atoms with van der Waals surface area (Å²) in [6.07, 6.45) is 1.68. The molecule has 1 aromatic rings. The highest BCUT2D eigenvalue weighted by Crippen LogP contribution is 2.19. The summed E-state index contributed by atoms with van der Waals surface area (Å²) in [6, 6.07) is 2.56. The largest absolute Gasteiger partial charge is 0.459 e. The van der Waals surface area contributed by atoms with Crippen molar-refractivity contribution < 1.29 is 19.1 Å². The van der Waals surface area contributed by atoms with Crippen LogP contribution < -0.4 is 5.32 Å². The van der Waals surface area contributed by atoms with Crippen LogP contribution in [0, 0.1) is 11.8 Å². The maximum Gasteiger partial charge on any atom is 0.287 e. The number of piperidine rings is 1. The predicted molar refractivity (Wildman–Crippen MR) is 81.2 cm³/mol. The summed E-state index contributed by atoms with van der Waals surface area (Å²) < 4.78 is 5.06. The second kappa shape index (κ2) is 6.96. The lowest BCUT2D eigenvalue weighted by Gasteiger charge is -2.37. The van der Waals surface area contributed by atoms with Crippen molar-refractivity contribution in [3.05, 3.63) is 24.2 Å². The Morgan fingerprint density at radius 3 is 2.73 bits per heavy atom. The van der Waals surface area contributed by atoms with E-state index in [0.717, 1.165) is 6.42 Å². The zero-order valence-corrected chi connectivity index (χ0v) is 13.3. The van der Waals surface area contributed by atoms with Crippen LogP contribution in [-0.4, -0.2) is 47.1 Å². The lowest BCUT2D eigenvalue weighted by Crippen LogP contribution is -2.55. The number of carbonyl (C=O) groups is 2. The zero-order chi connectivity index (χ0) is 16.3. The van der Waals surface area contributed by atoms with Gasteiger partial charge in [-0.3, -0.25) is 9.59 Å². The summed E-state index contributed by atoms with van der Waals surface area (Å²) in [7, 11) is 0. The Labute approximate surface area is 130 Å². The Morgan fingerprint density at radius 1 is 1.45 bits per heavy atom. The highest BCUT2D eigenvalue weighted by Gasteiger charge is 2.33. The number of furan rings is 1. The van der Waals surface area contributed by atoms with Crippen molar-refractivity contribution in [2.24, 2.45) is 11.8 Å². The van der Waals surface area contributed by atoms with Crippen LogP contribution in [0.5, 0.6) is 0 Å². The number of likely N-dealkylation sites (tertiary alicyclic amines) is 1. The number of rotatable bonds is 4. The Kier molecular flexibility index (Phi) is 5.24. The van der Waals surface area contributed by atoms with E-state index in [1.54, 1.807) is 17.0 Å². The molecule has 1 aliphatic heterocycles. The Bertz CT molecular complexity index is 512. The molecule has 0 bridgehead atoms. The van der Waals surface area contributed by atoms with Gasteiger partial charge in [0.1, 0.15) is 6.04 Å². The molecule has 2 rings (SSSR count). The molecule has 0 radical (unpaired) electrons. The first-order valence-corrected chi connectivity index (χ1v) is 7.71. The number of carbonyl (C=O) groups excluding carboxylic acids is 2. The van der Waals surface area contributed by atoms with E-state index < -0.39 is 18.1 Å². The SMILES string of the molecule is CC(C)C(NC(=O)c1ccco1)C(=O)N1CCC(C)C(O)C1. The van der Waals surface area contributed by atoms with Crippen molar-refractivity contribution in [3.63, 3.8) is 0 Å². The zero-order valence-electron chi connectivity index (χ0n) is 13.3. The first-order valence-electron chi connectivity index (χ1n) is 7.71. The Hall–Kier alpha value is -1.82. The van der Waals surface area contributed by atoms with Gasteiger partial charge in [0.25, 0.3) is 5.91 Å². The minimum atomic E-state index is -0.627. The topological polar surface area (TPSA) is 82.8 Å². The van der Waals surface area contributed by atoms with E-state index in [1.807, 2.05) is 20.8 Å². The van der Waals surface area contributed by atoms with Gasteiger partial charge in [-0.05, 0) is 30.4 Å².